The van der Waals surface area contributed by atoms with Crippen LogP contribution in [0.15, 0.2) is 32.9 Å². The lowest BCUT2D eigenvalue weighted by Crippen LogP contribution is -2.24. The van der Waals surface area contributed by atoms with E-state index in [1.165, 1.54) is 0 Å². The number of nitrogen functional groups attached to an aromatic ring is 1. The summed E-state index contributed by atoms with van der Waals surface area (Å²) in [5.41, 5.74) is 6.23. The smallest absolute Gasteiger partial charge is 0.260 e. The first-order chi connectivity index (χ1) is 10.5. The summed E-state index contributed by atoms with van der Waals surface area (Å²) < 4.78 is 42.0. The second-order valence-corrected chi connectivity index (χ2v) is 17.4. The molecule has 0 amide bonds. The minimum atomic E-state index is -3.70. The number of benzene rings is 1. The zero-order chi connectivity index (χ0) is 17.3. The molecule has 130 valence electrons. The monoisotopic (exact) mass is 374 g/mol. The van der Waals surface area contributed by atoms with Gasteiger partial charge in [0, 0.05) is 24.4 Å². The highest BCUT2D eigenvalue weighted by molar-refractivity contribution is 8.03. The van der Waals surface area contributed by atoms with E-state index in [1.54, 1.807) is 24.3 Å². The normalized spacial score (nSPS) is 18.4. The van der Waals surface area contributed by atoms with E-state index in [-0.39, 0.29) is 5.75 Å². The van der Waals surface area contributed by atoms with Gasteiger partial charge in [-0.3, -0.25) is 0 Å². The quantitative estimate of drug-likeness (QED) is 0.586. The van der Waals surface area contributed by atoms with Crippen molar-refractivity contribution in [3.8, 4) is 0 Å². The molecule has 2 N–H and O–H groups in total. The average molecular weight is 375 g/mol. The topological polar surface area (TPSA) is 89.6 Å². The molecule has 0 bridgehead atoms. The highest BCUT2D eigenvalue weighted by atomic mass is 32.3. The molecule has 1 saturated carbocycles. The summed E-state index contributed by atoms with van der Waals surface area (Å²) in [4.78, 5) is 0.468. The van der Waals surface area contributed by atoms with Crippen molar-refractivity contribution in [3.05, 3.63) is 24.3 Å². The Labute approximate surface area is 140 Å². The molecule has 1 aliphatic carbocycles. The van der Waals surface area contributed by atoms with Gasteiger partial charge in [-0.2, -0.15) is 0 Å². The van der Waals surface area contributed by atoms with Crippen molar-refractivity contribution in [1.29, 1.82) is 0 Å². The molecule has 1 atom stereocenters. The maximum Gasteiger partial charge on any atom is 0.260 e. The molecule has 0 aliphatic heterocycles. The van der Waals surface area contributed by atoms with Crippen LogP contribution < -0.4 is 5.73 Å². The Balaban J connectivity index is 2.37. The van der Waals surface area contributed by atoms with Gasteiger partial charge in [-0.25, -0.2) is 12.6 Å². The van der Waals surface area contributed by atoms with Gasteiger partial charge in [0.15, 0.2) is 0 Å². The molecule has 0 radical (unpaired) electrons. The summed E-state index contributed by atoms with van der Waals surface area (Å²) in [6, 6.07) is 7.19. The lowest BCUT2D eigenvalue weighted by Gasteiger charge is -2.15. The predicted octanol–water partition coefficient (Wildman–Crippen LogP) is 3.17. The summed E-state index contributed by atoms with van der Waals surface area (Å²) in [6.07, 6.45) is 1.99. The molecular formula is C15H26N2O3S2Si. The highest BCUT2D eigenvalue weighted by Gasteiger charge is 2.30. The molecule has 23 heavy (non-hydrogen) atoms. The predicted molar refractivity (Wildman–Crippen MR) is 99.2 cm³/mol. The van der Waals surface area contributed by atoms with Crippen LogP contribution in [0.1, 0.15) is 12.8 Å². The molecule has 1 aromatic rings. The zero-order valence-electron chi connectivity index (χ0n) is 14.0. The van der Waals surface area contributed by atoms with Crippen LogP contribution in [0.5, 0.6) is 0 Å². The number of rotatable bonds is 7. The van der Waals surface area contributed by atoms with Crippen LogP contribution >= 0.6 is 0 Å². The average Bonchev–Trinajstić information content (AvgIpc) is 3.19. The Bertz CT molecular complexity index is 770. The zero-order valence-corrected chi connectivity index (χ0v) is 16.6. The minimum absolute atomic E-state index is 0.0145. The molecule has 0 spiro atoms. The van der Waals surface area contributed by atoms with Crippen molar-refractivity contribution in [3.63, 3.8) is 0 Å². The van der Waals surface area contributed by atoms with Gasteiger partial charge in [-0.05, 0) is 49.1 Å². The van der Waals surface area contributed by atoms with E-state index in [1.807, 2.05) is 0 Å². The summed E-state index contributed by atoms with van der Waals surface area (Å²) in [7, 11) is -8.14. The number of nitrogens with zero attached hydrogens (tertiary/aromatic N) is 1. The number of hydrogen-bond donors (Lipinski definition) is 1. The second kappa shape index (κ2) is 6.56. The summed E-state index contributed by atoms with van der Waals surface area (Å²) in [5.74, 6) is 0.624. The summed E-state index contributed by atoms with van der Waals surface area (Å²) in [6.45, 7) is 6.35. The Hall–Kier alpha value is -0.863. The van der Waals surface area contributed by atoms with E-state index in [0.717, 1.165) is 12.8 Å². The van der Waals surface area contributed by atoms with Crippen molar-refractivity contribution in [1.82, 2.24) is 0 Å². The Kier molecular flexibility index (Phi) is 5.27. The molecule has 2 rings (SSSR count). The van der Waals surface area contributed by atoms with Crippen LogP contribution in [0.2, 0.25) is 25.7 Å². The van der Waals surface area contributed by atoms with Gasteiger partial charge < -0.3 is 5.73 Å². The third kappa shape index (κ3) is 5.93. The largest absolute Gasteiger partial charge is 0.399 e. The summed E-state index contributed by atoms with van der Waals surface area (Å²) >= 11 is 0. The highest BCUT2D eigenvalue weighted by Crippen LogP contribution is 2.34. The Morgan fingerprint density at radius 3 is 2.17 bits per heavy atom. The van der Waals surface area contributed by atoms with Crippen molar-refractivity contribution < 1.29 is 12.6 Å². The second-order valence-electron chi connectivity index (χ2n) is 7.49. The molecule has 0 saturated heterocycles. The molecule has 1 aromatic carbocycles. The number of nitrogens with two attached hydrogens (primary N) is 1. The van der Waals surface area contributed by atoms with Crippen molar-refractivity contribution >= 4 is 33.5 Å². The van der Waals surface area contributed by atoms with Gasteiger partial charge in [-0.15, -0.1) is 3.77 Å². The van der Waals surface area contributed by atoms with Gasteiger partial charge >= 0.3 is 0 Å². The van der Waals surface area contributed by atoms with Gasteiger partial charge in [-0.1, -0.05) is 19.6 Å². The van der Waals surface area contributed by atoms with Crippen LogP contribution in [0, 0.1) is 5.92 Å². The number of anilines is 1. The summed E-state index contributed by atoms with van der Waals surface area (Å²) in [5, 5.41) is 0. The van der Waals surface area contributed by atoms with Gasteiger partial charge in [0.1, 0.15) is 0 Å². The Morgan fingerprint density at radius 1 is 1.13 bits per heavy atom. The third-order valence-corrected chi connectivity index (χ3v) is 10.4. The van der Waals surface area contributed by atoms with Gasteiger partial charge in [0.25, 0.3) is 10.0 Å². The van der Waals surface area contributed by atoms with Crippen LogP contribution in [0.4, 0.5) is 5.69 Å². The fourth-order valence-electron chi connectivity index (χ4n) is 2.11. The molecular weight excluding hydrogens is 348 g/mol. The molecule has 1 fully saturated rings. The van der Waals surface area contributed by atoms with E-state index in [9.17, 15) is 12.6 Å². The van der Waals surface area contributed by atoms with Crippen molar-refractivity contribution in [2.24, 2.45) is 9.69 Å². The van der Waals surface area contributed by atoms with Crippen LogP contribution in [0.25, 0.3) is 0 Å². The van der Waals surface area contributed by atoms with E-state index in [0.29, 0.717) is 28.3 Å². The third-order valence-electron chi connectivity index (χ3n) is 3.75. The molecule has 1 aliphatic rings. The van der Waals surface area contributed by atoms with Crippen LogP contribution in [-0.2, 0) is 19.8 Å². The fourth-order valence-corrected chi connectivity index (χ4v) is 9.67. The van der Waals surface area contributed by atoms with Crippen LogP contribution in [0.3, 0.4) is 0 Å². The molecule has 0 heterocycles. The fraction of sp³-hybridized carbons (Fsp3) is 0.600. The van der Waals surface area contributed by atoms with E-state index in [4.69, 9.17) is 5.73 Å². The van der Waals surface area contributed by atoms with E-state index in [2.05, 4.69) is 23.4 Å². The maximum absolute atomic E-state index is 13.3. The molecule has 5 nitrogen and oxygen atoms in total. The molecule has 8 heteroatoms. The van der Waals surface area contributed by atoms with Crippen LogP contribution in [-0.4, -0.2) is 32.2 Å². The number of sulfonamides is 1. The lowest BCUT2D eigenvalue weighted by molar-refractivity contribution is 0.598. The SMILES string of the molecule is C[Si](C)(C)CCS(=O)(=O)N=S(=O)(CC1CC1)c1ccc(N)cc1. The van der Waals surface area contributed by atoms with Crippen molar-refractivity contribution in [2.45, 2.75) is 43.4 Å². The van der Waals surface area contributed by atoms with E-state index >= 15 is 0 Å². The first kappa shape index (κ1) is 18.5. The number of hydrogen-bond acceptors (Lipinski definition) is 4. The first-order valence-electron chi connectivity index (χ1n) is 7.83. The lowest BCUT2D eigenvalue weighted by atomic mass is 10.3. The first-order valence-corrected chi connectivity index (χ1v) is 14.8. The molecule has 0 aromatic heterocycles. The maximum atomic E-state index is 13.3. The molecule has 1 unspecified atom stereocenters. The van der Waals surface area contributed by atoms with Gasteiger partial charge in [0.2, 0.25) is 0 Å². The van der Waals surface area contributed by atoms with Crippen molar-refractivity contribution in [2.75, 3.05) is 17.2 Å². The standard InChI is InChI=1S/C15H26N2O3S2Si/c1-23(2,3)11-10-22(19,20)17-21(18,12-13-4-5-13)15-8-6-14(16)7-9-15/h6-9,13H,4-5,10-12,16H2,1-3H3. The van der Waals surface area contributed by atoms with Gasteiger partial charge in [0.05, 0.1) is 15.5 Å². The Morgan fingerprint density at radius 2 is 1.70 bits per heavy atom. The van der Waals surface area contributed by atoms with E-state index < -0.39 is 27.8 Å². The minimum Gasteiger partial charge on any atom is -0.399 e.